The molecule has 0 aliphatic carbocycles. The topological polar surface area (TPSA) is 41.6 Å². The van der Waals surface area contributed by atoms with E-state index in [4.69, 9.17) is 39.5 Å². The summed E-state index contributed by atoms with van der Waals surface area (Å²) < 4.78 is 46.4. The first-order valence-electron chi connectivity index (χ1n) is 11.3. The molecule has 0 bridgehead atoms. The molecule has 2 saturated heterocycles. The molecular formula is C25H24Cl3F3N2O2. The van der Waals surface area contributed by atoms with Gasteiger partial charge in [-0.1, -0.05) is 53.0 Å². The van der Waals surface area contributed by atoms with Gasteiger partial charge in [0.25, 0.3) is 5.91 Å². The Hall–Kier alpha value is -1.77. The summed E-state index contributed by atoms with van der Waals surface area (Å²) in [5, 5.41) is 2.96. The molecule has 2 aromatic carbocycles. The average molecular weight is 548 g/mol. The quantitative estimate of drug-likeness (QED) is 0.424. The number of ether oxygens (including phenoxy) is 1. The Morgan fingerprint density at radius 1 is 1.03 bits per heavy atom. The zero-order chi connectivity index (χ0) is 25.2. The molecule has 2 heterocycles. The van der Waals surface area contributed by atoms with E-state index >= 15 is 0 Å². The number of carbonyl (C=O) groups excluding carboxylic acids is 1. The summed E-state index contributed by atoms with van der Waals surface area (Å²) >= 11 is 17.7. The van der Waals surface area contributed by atoms with Crippen LogP contribution in [0.5, 0.6) is 0 Å². The van der Waals surface area contributed by atoms with E-state index in [9.17, 15) is 18.0 Å². The van der Waals surface area contributed by atoms with Gasteiger partial charge in [-0.3, -0.25) is 9.69 Å². The van der Waals surface area contributed by atoms with E-state index in [1.807, 2.05) is 0 Å². The van der Waals surface area contributed by atoms with Gasteiger partial charge in [0.15, 0.2) is 0 Å². The molecule has 2 fully saturated rings. The summed E-state index contributed by atoms with van der Waals surface area (Å²) in [7, 11) is 0. The Morgan fingerprint density at radius 3 is 2.14 bits per heavy atom. The maximum atomic E-state index is 13.7. The second-order valence-corrected chi connectivity index (χ2v) is 9.94. The number of hydrogen-bond acceptors (Lipinski definition) is 3. The number of nitrogens with one attached hydrogen (secondary N) is 1. The minimum absolute atomic E-state index is 0.00555. The summed E-state index contributed by atoms with van der Waals surface area (Å²) in [5.74, 6) is -0.182. The molecule has 0 atom stereocenters. The van der Waals surface area contributed by atoms with Crippen molar-refractivity contribution >= 4 is 46.3 Å². The molecule has 4 rings (SSSR count). The highest BCUT2D eigenvalue weighted by molar-refractivity contribution is 6.48. The Bertz CT molecular complexity index is 1070. The monoisotopic (exact) mass is 546 g/mol. The molecule has 1 N–H and O–H groups in total. The first-order chi connectivity index (χ1) is 16.6. The van der Waals surface area contributed by atoms with Crippen LogP contribution in [-0.4, -0.2) is 55.4 Å². The summed E-state index contributed by atoms with van der Waals surface area (Å²) in [6.07, 6.45) is -1.76. The van der Waals surface area contributed by atoms with Crippen molar-refractivity contribution in [2.45, 2.75) is 37.5 Å². The fourth-order valence-corrected chi connectivity index (χ4v) is 4.83. The van der Waals surface area contributed by atoms with Gasteiger partial charge in [-0.15, -0.1) is 0 Å². The average Bonchev–Trinajstić information content (AvgIpc) is 2.77. The second-order valence-electron chi connectivity index (χ2n) is 8.75. The highest BCUT2D eigenvalue weighted by atomic mass is 35.5. The van der Waals surface area contributed by atoms with Crippen molar-refractivity contribution in [2.75, 3.05) is 26.3 Å². The number of benzene rings is 2. The Labute approximate surface area is 217 Å². The van der Waals surface area contributed by atoms with Gasteiger partial charge in [0.2, 0.25) is 0 Å². The third-order valence-corrected chi connectivity index (χ3v) is 7.56. The summed E-state index contributed by atoms with van der Waals surface area (Å²) in [4.78, 5) is 15.0. The van der Waals surface area contributed by atoms with Gasteiger partial charge in [0, 0.05) is 24.7 Å². The third-order valence-electron chi connectivity index (χ3n) is 6.36. The Morgan fingerprint density at radius 2 is 1.63 bits per heavy atom. The molecule has 0 aromatic heterocycles. The van der Waals surface area contributed by atoms with Crippen molar-refractivity contribution in [3.63, 3.8) is 0 Å². The van der Waals surface area contributed by atoms with Crippen LogP contribution in [0.25, 0.3) is 5.57 Å². The number of carbonyl (C=O) groups is 1. The largest absolute Gasteiger partial charge is 0.416 e. The number of nitrogens with zero attached hydrogens (tertiary/aromatic N) is 1. The van der Waals surface area contributed by atoms with Crippen LogP contribution >= 0.6 is 34.8 Å². The molecule has 2 aliphatic rings. The third kappa shape index (κ3) is 6.52. The number of likely N-dealkylation sites (tertiary alicyclic amines) is 1. The zero-order valence-electron chi connectivity index (χ0n) is 18.7. The number of hydrogen-bond donors (Lipinski definition) is 1. The molecule has 0 spiro atoms. The summed E-state index contributed by atoms with van der Waals surface area (Å²) in [6, 6.07) is 9.46. The lowest BCUT2D eigenvalue weighted by Gasteiger charge is -2.41. The van der Waals surface area contributed by atoms with E-state index in [0.717, 1.165) is 57.4 Å². The lowest BCUT2D eigenvalue weighted by molar-refractivity contribution is -0.0716. The normalized spacial score (nSPS) is 18.4. The fraction of sp³-hybridized carbons (Fsp3) is 0.400. The van der Waals surface area contributed by atoms with Gasteiger partial charge < -0.3 is 10.1 Å². The number of amides is 1. The van der Waals surface area contributed by atoms with Crippen LogP contribution in [0.4, 0.5) is 13.2 Å². The molecule has 2 aliphatic heterocycles. The fourth-order valence-electron chi connectivity index (χ4n) is 4.23. The maximum absolute atomic E-state index is 13.7. The van der Waals surface area contributed by atoms with Crippen molar-refractivity contribution in [2.24, 2.45) is 0 Å². The van der Waals surface area contributed by atoms with Gasteiger partial charge in [-0.25, -0.2) is 0 Å². The lowest BCUT2D eigenvalue weighted by atomic mass is 10.0. The van der Waals surface area contributed by atoms with Crippen molar-refractivity contribution in [1.82, 2.24) is 10.2 Å². The maximum Gasteiger partial charge on any atom is 0.416 e. The van der Waals surface area contributed by atoms with Gasteiger partial charge in [-0.2, -0.15) is 13.2 Å². The first-order valence-corrected chi connectivity index (χ1v) is 12.4. The molecule has 0 saturated carbocycles. The van der Waals surface area contributed by atoms with Crippen LogP contribution in [-0.2, 0) is 11.2 Å². The van der Waals surface area contributed by atoms with E-state index in [-0.39, 0.29) is 39.0 Å². The van der Waals surface area contributed by atoms with Crippen molar-refractivity contribution in [3.8, 4) is 0 Å². The van der Waals surface area contributed by atoms with Crippen molar-refractivity contribution < 1.29 is 22.7 Å². The predicted molar refractivity (Wildman–Crippen MR) is 132 cm³/mol. The molecule has 10 heteroatoms. The molecule has 0 radical (unpaired) electrons. The van der Waals surface area contributed by atoms with Crippen molar-refractivity contribution in [1.29, 1.82) is 0 Å². The smallest absolute Gasteiger partial charge is 0.378 e. The van der Waals surface area contributed by atoms with E-state index in [0.29, 0.717) is 17.2 Å². The van der Waals surface area contributed by atoms with Gasteiger partial charge in [0.1, 0.15) is 0 Å². The van der Waals surface area contributed by atoms with Crippen LogP contribution in [0.3, 0.4) is 0 Å². The SMILES string of the molecule is O=C(NC1CCN(C2COC2)CC1)c1ccc(CC=C(c2cc(Cl)c(Cl)c(Cl)c2)C(F)(F)F)cc1. The van der Waals surface area contributed by atoms with Crippen LogP contribution in [0.15, 0.2) is 42.5 Å². The van der Waals surface area contributed by atoms with Crippen LogP contribution in [0, 0.1) is 0 Å². The molecular weight excluding hydrogens is 524 g/mol. The molecule has 2 aromatic rings. The number of rotatable bonds is 6. The van der Waals surface area contributed by atoms with E-state index in [1.54, 1.807) is 24.3 Å². The zero-order valence-corrected chi connectivity index (χ0v) is 20.9. The van der Waals surface area contributed by atoms with Crippen LogP contribution in [0.1, 0.15) is 34.3 Å². The lowest BCUT2D eigenvalue weighted by Crippen LogP contribution is -2.54. The minimum atomic E-state index is -4.61. The minimum Gasteiger partial charge on any atom is -0.378 e. The number of alkyl halides is 3. The molecule has 0 unspecified atom stereocenters. The second kappa shape index (κ2) is 11.1. The number of halogens is 6. The molecule has 1 amide bonds. The Kier molecular flexibility index (Phi) is 8.34. The molecule has 35 heavy (non-hydrogen) atoms. The number of piperidine rings is 1. The van der Waals surface area contributed by atoms with E-state index in [2.05, 4.69) is 10.2 Å². The first kappa shape index (κ1) is 26.3. The van der Waals surface area contributed by atoms with Gasteiger partial charge in [-0.05, 0) is 54.7 Å². The van der Waals surface area contributed by atoms with Crippen molar-refractivity contribution in [3.05, 3.63) is 74.2 Å². The number of allylic oxidation sites excluding steroid dienone is 2. The highest BCUT2D eigenvalue weighted by Crippen LogP contribution is 2.39. The summed E-state index contributed by atoms with van der Waals surface area (Å²) in [6.45, 7) is 3.42. The van der Waals surface area contributed by atoms with Gasteiger partial charge in [0.05, 0.1) is 39.9 Å². The molecule has 4 nitrogen and oxygen atoms in total. The van der Waals surface area contributed by atoms with Gasteiger partial charge >= 0.3 is 6.18 Å². The summed E-state index contributed by atoms with van der Waals surface area (Å²) in [5.41, 5.74) is 0.0775. The van der Waals surface area contributed by atoms with Crippen LogP contribution in [0.2, 0.25) is 15.1 Å². The van der Waals surface area contributed by atoms with Crippen LogP contribution < -0.4 is 5.32 Å². The van der Waals surface area contributed by atoms with E-state index < -0.39 is 11.7 Å². The standard InChI is InChI=1S/C25H24Cl3F3N2O2/c26-21-11-17(12-22(27)23(21)28)20(25(29,30)31)6-3-15-1-4-16(5-2-15)24(34)32-18-7-9-33(10-8-18)19-13-35-14-19/h1-2,4-6,11-12,18-19H,3,7-10,13-14H2,(H,32,34). The molecule has 188 valence electrons. The predicted octanol–water partition coefficient (Wildman–Crippen LogP) is 6.43. The van der Waals surface area contributed by atoms with E-state index in [1.165, 1.54) is 0 Å². The Balaban J connectivity index is 1.38. The highest BCUT2D eigenvalue weighted by Gasteiger charge is 2.35.